The van der Waals surface area contributed by atoms with Crippen LogP contribution < -0.4 is 9.47 Å². The van der Waals surface area contributed by atoms with E-state index in [-0.39, 0.29) is 0 Å². The van der Waals surface area contributed by atoms with Crippen molar-refractivity contribution in [2.24, 2.45) is 0 Å². The van der Waals surface area contributed by atoms with E-state index in [2.05, 4.69) is 51.5 Å². The van der Waals surface area contributed by atoms with Gasteiger partial charge >= 0.3 is 0 Å². The van der Waals surface area contributed by atoms with Crippen molar-refractivity contribution in [2.45, 2.75) is 33.4 Å². The fourth-order valence-electron chi connectivity index (χ4n) is 4.34. The summed E-state index contributed by atoms with van der Waals surface area (Å²) in [4.78, 5) is 9.95. The number of ether oxygens (including phenoxy) is 2. The maximum absolute atomic E-state index is 5.77. The third-order valence-corrected chi connectivity index (χ3v) is 5.98. The normalized spacial score (nSPS) is 15.9. The number of nitrogens with one attached hydrogen (secondary N) is 1. The van der Waals surface area contributed by atoms with Crippen LogP contribution in [0.3, 0.4) is 0 Å². The molecule has 7 heteroatoms. The quantitative estimate of drug-likeness (QED) is 0.667. The van der Waals surface area contributed by atoms with Crippen molar-refractivity contribution in [1.29, 1.82) is 0 Å². The number of H-pyrrole nitrogens is 1. The molecule has 0 fully saturated rings. The summed E-state index contributed by atoms with van der Waals surface area (Å²) >= 11 is 5.15. The van der Waals surface area contributed by atoms with E-state index in [0.29, 0.717) is 18.0 Å². The lowest BCUT2D eigenvalue weighted by atomic mass is 10.1. The Balaban J connectivity index is 1.40. The average molecular weight is 409 g/mol. The fraction of sp³-hybridized carbons (Fsp3) is 0.364. The predicted molar refractivity (Wildman–Crippen MR) is 113 cm³/mol. The molecule has 0 atom stereocenters. The molecule has 2 aromatic heterocycles. The Labute approximate surface area is 175 Å². The Morgan fingerprint density at radius 2 is 1.97 bits per heavy atom. The zero-order chi connectivity index (χ0) is 20.0. The van der Waals surface area contributed by atoms with Crippen molar-refractivity contribution in [3.05, 3.63) is 63.4 Å². The van der Waals surface area contributed by atoms with E-state index in [4.69, 9.17) is 21.7 Å². The number of aromatic amines is 1. The van der Waals surface area contributed by atoms with Crippen LogP contribution in [-0.4, -0.2) is 39.2 Å². The third kappa shape index (κ3) is 3.45. The molecule has 29 heavy (non-hydrogen) atoms. The van der Waals surface area contributed by atoms with Gasteiger partial charge in [0.05, 0.1) is 0 Å². The SMILES string of the molecule is Cc1cc(CN2CCc3[nH]c(=S)ncc3C2)c(C)n1-c1ccc2c(c1)OCCO2. The molecule has 6 nitrogen and oxygen atoms in total. The highest BCUT2D eigenvalue weighted by Crippen LogP contribution is 2.33. The summed E-state index contributed by atoms with van der Waals surface area (Å²) in [7, 11) is 0. The monoisotopic (exact) mass is 408 g/mol. The largest absolute Gasteiger partial charge is 0.486 e. The summed E-state index contributed by atoms with van der Waals surface area (Å²) in [5.74, 6) is 1.64. The van der Waals surface area contributed by atoms with Crippen molar-refractivity contribution >= 4 is 12.2 Å². The van der Waals surface area contributed by atoms with Gasteiger partial charge in [-0.2, -0.15) is 0 Å². The molecule has 2 aliphatic heterocycles. The van der Waals surface area contributed by atoms with Crippen LogP contribution in [0.25, 0.3) is 5.69 Å². The van der Waals surface area contributed by atoms with Crippen LogP contribution in [0, 0.1) is 18.6 Å². The van der Waals surface area contributed by atoms with Gasteiger partial charge < -0.3 is 19.0 Å². The van der Waals surface area contributed by atoms with Gasteiger partial charge in [-0.1, -0.05) is 0 Å². The molecule has 0 aliphatic carbocycles. The smallest absolute Gasteiger partial charge is 0.196 e. The van der Waals surface area contributed by atoms with Crippen LogP contribution in [-0.2, 0) is 19.5 Å². The zero-order valence-corrected chi connectivity index (χ0v) is 17.5. The molecule has 5 rings (SSSR count). The molecule has 1 N–H and O–H groups in total. The highest BCUT2D eigenvalue weighted by atomic mass is 32.1. The minimum atomic E-state index is 0.570. The van der Waals surface area contributed by atoms with Gasteiger partial charge in [-0.15, -0.1) is 0 Å². The van der Waals surface area contributed by atoms with Crippen LogP contribution in [0.2, 0.25) is 0 Å². The maximum atomic E-state index is 5.77. The number of fused-ring (bicyclic) bond motifs is 2. The van der Waals surface area contributed by atoms with Crippen molar-refractivity contribution in [2.75, 3.05) is 19.8 Å². The highest BCUT2D eigenvalue weighted by Gasteiger charge is 2.20. The summed E-state index contributed by atoms with van der Waals surface area (Å²) in [6.07, 6.45) is 2.89. The van der Waals surface area contributed by atoms with E-state index in [1.54, 1.807) is 0 Å². The summed E-state index contributed by atoms with van der Waals surface area (Å²) in [5.41, 5.74) is 7.40. The second-order valence-electron chi connectivity index (χ2n) is 7.71. The molecule has 0 radical (unpaired) electrons. The van der Waals surface area contributed by atoms with Gasteiger partial charge in [-0.25, -0.2) is 4.98 Å². The van der Waals surface area contributed by atoms with Gasteiger partial charge in [-0.05, 0) is 49.8 Å². The lowest BCUT2D eigenvalue weighted by Crippen LogP contribution is -2.31. The number of rotatable bonds is 3. The van der Waals surface area contributed by atoms with Gasteiger partial charge in [-0.3, -0.25) is 4.90 Å². The summed E-state index contributed by atoms with van der Waals surface area (Å²) in [5, 5.41) is 0. The number of nitrogens with zero attached hydrogens (tertiary/aromatic N) is 3. The van der Waals surface area contributed by atoms with Crippen LogP contribution in [0.15, 0.2) is 30.5 Å². The Bertz CT molecular complexity index is 1130. The van der Waals surface area contributed by atoms with Crippen molar-refractivity contribution < 1.29 is 9.47 Å². The van der Waals surface area contributed by atoms with Gasteiger partial charge in [0.15, 0.2) is 16.3 Å². The van der Waals surface area contributed by atoms with Gasteiger partial charge in [0.1, 0.15) is 13.2 Å². The molecule has 2 aliphatic rings. The predicted octanol–water partition coefficient (Wildman–Crippen LogP) is 3.88. The summed E-state index contributed by atoms with van der Waals surface area (Å²) < 4.78 is 14.3. The van der Waals surface area contributed by atoms with Crippen molar-refractivity contribution in [1.82, 2.24) is 19.4 Å². The van der Waals surface area contributed by atoms with E-state index < -0.39 is 0 Å². The standard InChI is InChI=1S/C22H24N4O2S/c1-14-9-16(12-25-6-5-19-17(13-25)11-23-22(29)24-19)15(2)26(14)18-3-4-20-21(10-18)28-8-7-27-20/h3-4,9-11H,5-8,12-13H2,1-2H3,(H,23,24,29). The Hall–Kier alpha value is -2.64. The molecule has 0 unspecified atom stereocenters. The van der Waals surface area contributed by atoms with Gasteiger partial charge in [0.25, 0.3) is 0 Å². The molecule has 3 aromatic rings. The Morgan fingerprint density at radius 1 is 1.14 bits per heavy atom. The van der Waals surface area contributed by atoms with Crippen LogP contribution in [0.4, 0.5) is 0 Å². The highest BCUT2D eigenvalue weighted by molar-refractivity contribution is 7.71. The molecule has 4 heterocycles. The fourth-order valence-corrected chi connectivity index (χ4v) is 4.51. The first-order chi connectivity index (χ1) is 14.1. The second-order valence-corrected chi connectivity index (χ2v) is 8.10. The molecule has 150 valence electrons. The number of aromatic nitrogens is 3. The first kappa shape index (κ1) is 18.4. The number of aryl methyl sites for hydroxylation is 1. The molecular weight excluding hydrogens is 384 g/mol. The van der Waals surface area contributed by atoms with Gasteiger partial charge in [0.2, 0.25) is 0 Å². The van der Waals surface area contributed by atoms with Gasteiger partial charge in [0, 0.05) is 66.7 Å². The number of benzene rings is 1. The summed E-state index contributed by atoms with van der Waals surface area (Å²) in [6, 6.07) is 8.46. The van der Waals surface area contributed by atoms with E-state index in [1.807, 2.05) is 12.3 Å². The molecule has 0 spiro atoms. The van der Waals surface area contributed by atoms with E-state index in [1.165, 1.54) is 28.2 Å². The third-order valence-electron chi connectivity index (χ3n) is 5.77. The molecule has 0 saturated carbocycles. The first-order valence-electron chi connectivity index (χ1n) is 9.96. The number of hydrogen-bond acceptors (Lipinski definition) is 5. The Kier molecular flexibility index (Phi) is 4.64. The van der Waals surface area contributed by atoms with Crippen LogP contribution in [0.5, 0.6) is 11.5 Å². The average Bonchev–Trinajstić information content (AvgIpc) is 3.00. The van der Waals surface area contributed by atoms with Crippen LogP contribution in [0.1, 0.15) is 28.2 Å². The van der Waals surface area contributed by atoms with Crippen molar-refractivity contribution in [3.8, 4) is 17.2 Å². The first-order valence-corrected chi connectivity index (χ1v) is 10.4. The summed E-state index contributed by atoms with van der Waals surface area (Å²) in [6.45, 7) is 8.37. The topological polar surface area (TPSA) is 55.3 Å². The van der Waals surface area contributed by atoms with E-state index in [9.17, 15) is 0 Å². The Morgan fingerprint density at radius 3 is 2.83 bits per heavy atom. The van der Waals surface area contributed by atoms with E-state index in [0.717, 1.165) is 43.2 Å². The van der Waals surface area contributed by atoms with Crippen LogP contribution >= 0.6 is 12.2 Å². The minimum absolute atomic E-state index is 0.570. The lowest BCUT2D eigenvalue weighted by molar-refractivity contribution is 0.171. The zero-order valence-electron chi connectivity index (χ0n) is 16.7. The van der Waals surface area contributed by atoms with Crippen molar-refractivity contribution in [3.63, 3.8) is 0 Å². The van der Waals surface area contributed by atoms with E-state index >= 15 is 0 Å². The molecule has 0 bridgehead atoms. The minimum Gasteiger partial charge on any atom is -0.486 e. The number of hydrogen-bond donors (Lipinski definition) is 1. The second kappa shape index (κ2) is 7.31. The molecular formula is C22H24N4O2S. The lowest BCUT2D eigenvalue weighted by Gasteiger charge is -2.28. The molecule has 0 saturated heterocycles. The molecule has 1 aromatic carbocycles. The molecule has 0 amide bonds. The maximum Gasteiger partial charge on any atom is 0.196 e.